The maximum Gasteiger partial charge on any atom is 0.275 e. The third-order valence-electron chi connectivity index (χ3n) is 4.43. The summed E-state index contributed by atoms with van der Waals surface area (Å²) in [7, 11) is 0. The molecule has 0 aliphatic carbocycles. The fourth-order valence-electron chi connectivity index (χ4n) is 3.10. The molecule has 4 aromatic rings. The van der Waals surface area contributed by atoms with E-state index in [1.54, 1.807) is 23.9 Å². The summed E-state index contributed by atoms with van der Waals surface area (Å²) in [5.41, 5.74) is 6.29. The zero-order valence-corrected chi connectivity index (χ0v) is 13.9. The number of rotatable bonds is 3. The number of amides is 1. The molecule has 0 saturated carbocycles. The normalized spacial score (nSPS) is 10.7. The summed E-state index contributed by atoms with van der Waals surface area (Å²) >= 11 is 0. The summed E-state index contributed by atoms with van der Waals surface area (Å²) in [6, 6.07) is 24.0. The van der Waals surface area contributed by atoms with Crippen LogP contribution in [0.25, 0.3) is 33.0 Å². The molecule has 0 bridgehead atoms. The Labute approximate surface area is 150 Å². The van der Waals surface area contributed by atoms with Crippen LogP contribution in [-0.2, 0) is 0 Å². The molecule has 1 heterocycles. The summed E-state index contributed by atoms with van der Waals surface area (Å²) in [4.78, 5) is 16.1. The van der Waals surface area contributed by atoms with Gasteiger partial charge in [-0.25, -0.2) is 5.48 Å². The van der Waals surface area contributed by atoms with E-state index in [4.69, 9.17) is 5.21 Å². The van der Waals surface area contributed by atoms with Crippen LogP contribution in [0.15, 0.2) is 85.2 Å². The number of fused-ring (bicyclic) bond motifs is 1. The molecule has 0 atom stereocenters. The van der Waals surface area contributed by atoms with Crippen molar-refractivity contribution in [2.75, 3.05) is 0 Å². The van der Waals surface area contributed by atoms with Crippen LogP contribution in [-0.4, -0.2) is 16.1 Å². The summed E-state index contributed by atoms with van der Waals surface area (Å²) in [6.07, 6.45) is 3.31. The molecule has 1 amide bonds. The van der Waals surface area contributed by atoms with E-state index in [0.717, 1.165) is 27.6 Å². The second kappa shape index (κ2) is 6.78. The van der Waals surface area contributed by atoms with E-state index in [-0.39, 0.29) is 0 Å². The first-order valence-electron chi connectivity index (χ1n) is 8.24. The fourth-order valence-corrected chi connectivity index (χ4v) is 3.10. The van der Waals surface area contributed by atoms with Gasteiger partial charge in [0.2, 0.25) is 0 Å². The second-order valence-corrected chi connectivity index (χ2v) is 6.00. The number of carbonyl (C=O) groups is 1. The van der Waals surface area contributed by atoms with Gasteiger partial charge in [-0.1, -0.05) is 54.6 Å². The van der Waals surface area contributed by atoms with Crippen molar-refractivity contribution in [3.8, 4) is 22.3 Å². The molecule has 0 aliphatic heterocycles. The van der Waals surface area contributed by atoms with Crippen molar-refractivity contribution in [2.24, 2.45) is 0 Å². The second-order valence-electron chi connectivity index (χ2n) is 6.00. The number of carbonyl (C=O) groups excluding carboxylic acids is 1. The number of hydroxylamine groups is 1. The first kappa shape index (κ1) is 16.0. The van der Waals surface area contributed by atoms with Crippen molar-refractivity contribution in [3.05, 3.63) is 90.8 Å². The van der Waals surface area contributed by atoms with Gasteiger partial charge < -0.3 is 0 Å². The number of nitrogens with zero attached hydrogens (tertiary/aromatic N) is 1. The Hall–Kier alpha value is -3.50. The van der Waals surface area contributed by atoms with E-state index in [1.807, 2.05) is 42.5 Å². The highest BCUT2D eigenvalue weighted by Gasteiger charge is 2.12. The molecule has 0 spiro atoms. The molecule has 4 rings (SSSR count). The molecule has 126 valence electrons. The van der Waals surface area contributed by atoms with Crippen LogP contribution in [0.1, 0.15) is 10.4 Å². The van der Waals surface area contributed by atoms with Crippen LogP contribution in [0.2, 0.25) is 0 Å². The molecule has 0 radical (unpaired) electrons. The lowest BCUT2D eigenvalue weighted by Crippen LogP contribution is -2.19. The van der Waals surface area contributed by atoms with Gasteiger partial charge in [-0.05, 0) is 45.8 Å². The number of aromatic nitrogens is 1. The molecule has 1 aromatic heterocycles. The van der Waals surface area contributed by atoms with E-state index in [0.29, 0.717) is 10.9 Å². The van der Waals surface area contributed by atoms with Gasteiger partial charge in [0.15, 0.2) is 0 Å². The van der Waals surface area contributed by atoms with E-state index in [2.05, 4.69) is 29.2 Å². The van der Waals surface area contributed by atoms with Crippen LogP contribution in [0.4, 0.5) is 0 Å². The highest BCUT2D eigenvalue weighted by Crippen LogP contribution is 2.29. The van der Waals surface area contributed by atoms with Crippen molar-refractivity contribution < 1.29 is 10.0 Å². The number of hydrogen-bond donors (Lipinski definition) is 2. The van der Waals surface area contributed by atoms with Crippen molar-refractivity contribution in [2.45, 2.75) is 0 Å². The van der Waals surface area contributed by atoms with Crippen molar-refractivity contribution >= 4 is 16.7 Å². The monoisotopic (exact) mass is 340 g/mol. The zero-order chi connectivity index (χ0) is 17.9. The largest absolute Gasteiger partial charge is 0.288 e. The molecule has 26 heavy (non-hydrogen) atoms. The van der Waals surface area contributed by atoms with Gasteiger partial charge in [0, 0.05) is 17.8 Å². The van der Waals surface area contributed by atoms with Crippen molar-refractivity contribution in [3.63, 3.8) is 0 Å². The first-order valence-corrected chi connectivity index (χ1v) is 8.24. The molecule has 0 fully saturated rings. The van der Waals surface area contributed by atoms with Crippen LogP contribution in [0.3, 0.4) is 0 Å². The van der Waals surface area contributed by atoms with Crippen LogP contribution in [0.5, 0.6) is 0 Å². The highest BCUT2D eigenvalue weighted by molar-refractivity contribution is 6.08. The maximum atomic E-state index is 12.1. The summed E-state index contributed by atoms with van der Waals surface area (Å²) in [5.74, 6) is -0.550. The quantitative estimate of drug-likeness (QED) is 0.420. The lowest BCUT2D eigenvalue weighted by atomic mass is 9.96. The molecule has 2 N–H and O–H groups in total. The van der Waals surface area contributed by atoms with Gasteiger partial charge in [-0.3, -0.25) is 15.0 Å². The highest BCUT2D eigenvalue weighted by atomic mass is 16.5. The fraction of sp³-hybridized carbons (Fsp3) is 0. The maximum absolute atomic E-state index is 12.1. The Morgan fingerprint density at radius 3 is 2.15 bits per heavy atom. The minimum atomic E-state index is -0.550. The predicted octanol–water partition coefficient (Wildman–Crippen LogP) is 4.69. The van der Waals surface area contributed by atoms with Gasteiger partial charge in [0.1, 0.15) is 0 Å². The zero-order valence-electron chi connectivity index (χ0n) is 13.9. The molecule has 0 saturated heterocycles. The Kier molecular flexibility index (Phi) is 4.17. The smallest absolute Gasteiger partial charge is 0.275 e. The van der Waals surface area contributed by atoms with E-state index in [1.165, 1.54) is 0 Å². The molecular formula is C22H16N2O2. The number of benzene rings is 3. The minimum absolute atomic E-state index is 0.389. The molecule has 4 heteroatoms. The minimum Gasteiger partial charge on any atom is -0.288 e. The average Bonchev–Trinajstić information content (AvgIpc) is 2.73. The lowest BCUT2D eigenvalue weighted by molar-refractivity contribution is 0.0708. The van der Waals surface area contributed by atoms with Crippen LogP contribution < -0.4 is 5.48 Å². The van der Waals surface area contributed by atoms with Crippen LogP contribution >= 0.6 is 0 Å². The number of nitrogens with one attached hydrogen (secondary N) is 1. The Balaban J connectivity index is 1.80. The molecule has 4 nitrogen and oxygen atoms in total. The first-order chi connectivity index (χ1) is 12.8. The summed E-state index contributed by atoms with van der Waals surface area (Å²) < 4.78 is 0. The summed E-state index contributed by atoms with van der Waals surface area (Å²) in [6.45, 7) is 0. The Morgan fingerprint density at radius 1 is 0.808 bits per heavy atom. The molecule has 3 aromatic carbocycles. The van der Waals surface area contributed by atoms with Gasteiger partial charge in [-0.2, -0.15) is 0 Å². The van der Waals surface area contributed by atoms with Gasteiger partial charge >= 0.3 is 0 Å². The molecule has 0 aliphatic rings. The third kappa shape index (κ3) is 2.94. The number of hydrogen-bond acceptors (Lipinski definition) is 3. The summed E-state index contributed by atoms with van der Waals surface area (Å²) in [5, 5.41) is 10.6. The Bertz CT molecular complexity index is 1070. The van der Waals surface area contributed by atoms with E-state index < -0.39 is 5.91 Å². The SMILES string of the molecule is O=C(NO)c1cc(-c2ccc(-c3ccccc3)cc2)cc2ccncc12. The van der Waals surface area contributed by atoms with Gasteiger partial charge in [-0.15, -0.1) is 0 Å². The molecular weight excluding hydrogens is 324 g/mol. The van der Waals surface area contributed by atoms with E-state index in [9.17, 15) is 4.79 Å². The topological polar surface area (TPSA) is 62.2 Å². The van der Waals surface area contributed by atoms with Crippen LogP contribution in [0, 0.1) is 0 Å². The predicted molar refractivity (Wildman–Crippen MR) is 102 cm³/mol. The van der Waals surface area contributed by atoms with E-state index >= 15 is 0 Å². The average molecular weight is 340 g/mol. The third-order valence-corrected chi connectivity index (χ3v) is 4.43. The number of pyridine rings is 1. The Morgan fingerprint density at radius 2 is 1.46 bits per heavy atom. The van der Waals surface area contributed by atoms with Crippen molar-refractivity contribution in [1.29, 1.82) is 0 Å². The van der Waals surface area contributed by atoms with Gasteiger partial charge in [0.25, 0.3) is 5.91 Å². The van der Waals surface area contributed by atoms with Crippen molar-refractivity contribution in [1.82, 2.24) is 10.5 Å². The standard InChI is InChI=1S/C22H16N2O2/c25-22(24-26)20-13-19(12-18-10-11-23-14-21(18)20)17-8-6-16(7-9-17)15-4-2-1-3-5-15/h1-14,26H,(H,24,25). The lowest BCUT2D eigenvalue weighted by Gasteiger charge is -2.10. The van der Waals surface area contributed by atoms with Gasteiger partial charge in [0.05, 0.1) is 5.56 Å². The molecule has 0 unspecified atom stereocenters.